The first kappa shape index (κ1) is 22.6. The summed E-state index contributed by atoms with van der Waals surface area (Å²) in [6.45, 7) is 7.68. The summed E-state index contributed by atoms with van der Waals surface area (Å²) in [4.78, 5) is 35.7. The molecule has 1 aromatic heterocycles. The molecule has 1 aromatic carbocycles. The van der Waals surface area contributed by atoms with Gasteiger partial charge in [-0.05, 0) is 57.6 Å². The van der Waals surface area contributed by atoms with E-state index in [1.807, 2.05) is 19.9 Å². The fourth-order valence-corrected chi connectivity index (χ4v) is 4.85. The number of hydrogen-bond donors (Lipinski definition) is 2. The van der Waals surface area contributed by atoms with Crippen molar-refractivity contribution >= 4 is 35.1 Å². The summed E-state index contributed by atoms with van der Waals surface area (Å²) in [7, 11) is 0. The molecule has 2 heterocycles. The Balaban J connectivity index is 1.29. The summed E-state index contributed by atoms with van der Waals surface area (Å²) in [6.07, 6.45) is 5.46. The predicted octanol–water partition coefficient (Wildman–Crippen LogP) is 3.63. The number of rotatable bonds is 7. The maximum atomic E-state index is 12.5. The Hall–Kier alpha value is -2.61. The molecule has 2 fully saturated rings. The Morgan fingerprint density at radius 3 is 2.38 bits per heavy atom. The smallest absolute Gasteiger partial charge is 0.234 e. The summed E-state index contributed by atoms with van der Waals surface area (Å²) in [6, 6.07) is 6.50. The highest BCUT2D eigenvalue weighted by molar-refractivity contribution is 7.99. The van der Waals surface area contributed by atoms with Gasteiger partial charge in [0.15, 0.2) is 0 Å². The number of nitrogens with zero attached hydrogens (tertiary/aromatic N) is 3. The van der Waals surface area contributed by atoms with Gasteiger partial charge in [0.1, 0.15) is 17.2 Å². The lowest BCUT2D eigenvalue weighted by Gasteiger charge is -2.32. The number of carbonyl (C=O) groups excluding carboxylic acids is 2. The molecule has 2 amide bonds. The summed E-state index contributed by atoms with van der Waals surface area (Å²) in [5.41, 5.74) is 4.21. The van der Waals surface area contributed by atoms with E-state index in [1.54, 1.807) is 6.33 Å². The number of aryl methyl sites for hydroxylation is 3. The molecule has 0 radical (unpaired) electrons. The van der Waals surface area contributed by atoms with Crippen molar-refractivity contribution in [3.05, 3.63) is 41.2 Å². The van der Waals surface area contributed by atoms with Gasteiger partial charge < -0.3 is 15.5 Å². The highest BCUT2D eigenvalue weighted by Gasteiger charge is 2.30. The number of aromatic nitrogens is 2. The average molecular weight is 454 g/mol. The number of amides is 2. The number of anilines is 2. The largest absolute Gasteiger partial charge is 0.356 e. The second kappa shape index (κ2) is 9.90. The fraction of sp³-hybridized carbons (Fsp3) is 0.500. The van der Waals surface area contributed by atoms with Crippen molar-refractivity contribution in [3.8, 4) is 0 Å². The predicted molar refractivity (Wildman–Crippen MR) is 128 cm³/mol. The zero-order valence-corrected chi connectivity index (χ0v) is 19.8. The van der Waals surface area contributed by atoms with Crippen LogP contribution in [0.2, 0.25) is 0 Å². The summed E-state index contributed by atoms with van der Waals surface area (Å²) in [5.74, 6) is 1.39. The highest BCUT2D eigenvalue weighted by atomic mass is 32.2. The molecule has 0 atom stereocenters. The maximum Gasteiger partial charge on any atom is 0.234 e. The van der Waals surface area contributed by atoms with E-state index in [1.165, 1.54) is 17.3 Å². The van der Waals surface area contributed by atoms with E-state index < -0.39 is 0 Å². The number of benzene rings is 1. The number of thioether (sulfide) groups is 1. The van der Waals surface area contributed by atoms with Crippen molar-refractivity contribution < 1.29 is 9.59 Å². The molecule has 0 spiro atoms. The summed E-state index contributed by atoms with van der Waals surface area (Å²) < 4.78 is 0. The molecule has 4 rings (SSSR count). The number of carbonyl (C=O) groups is 2. The van der Waals surface area contributed by atoms with Gasteiger partial charge in [-0.3, -0.25) is 9.59 Å². The van der Waals surface area contributed by atoms with Crippen molar-refractivity contribution in [1.82, 2.24) is 15.3 Å². The number of hydrogen-bond acceptors (Lipinski definition) is 6. The second-order valence-electron chi connectivity index (χ2n) is 8.87. The van der Waals surface area contributed by atoms with Crippen molar-refractivity contribution in [1.29, 1.82) is 0 Å². The highest BCUT2D eigenvalue weighted by Crippen LogP contribution is 2.27. The molecule has 0 bridgehead atoms. The minimum atomic E-state index is -0.0484. The van der Waals surface area contributed by atoms with Crippen LogP contribution < -0.4 is 15.5 Å². The van der Waals surface area contributed by atoms with Gasteiger partial charge in [-0.1, -0.05) is 29.5 Å². The molecule has 8 heteroatoms. The van der Waals surface area contributed by atoms with Crippen LogP contribution >= 0.6 is 11.8 Å². The quantitative estimate of drug-likeness (QED) is 0.492. The minimum absolute atomic E-state index is 0.0484. The van der Waals surface area contributed by atoms with Crippen LogP contribution in [0, 0.1) is 26.7 Å². The minimum Gasteiger partial charge on any atom is -0.356 e. The Morgan fingerprint density at radius 1 is 1.03 bits per heavy atom. The van der Waals surface area contributed by atoms with E-state index in [4.69, 9.17) is 0 Å². The molecule has 170 valence electrons. The van der Waals surface area contributed by atoms with E-state index in [9.17, 15) is 9.59 Å². The van der Waals surface area contributed by atoms with Gasteiger partial charge in [0.2, 0.25) is 11.8 Å². The molecule has 1 aliphatic heterocycles. The van der Waals surface area contributed by atoms with Gasteiger partial charge in [0, 0.05) is 36.8 Å². The van der Waals surface area contributed by atoms with Crippen LogP contribution in [0.1, 0.15) is 42.4 Å². The summed E-state index contributed by atoms with van der Waals surface area (Å²) >= 11 is 1.41. The monoisotopic (exact) mass is 453 g/mol. The number of nitrogens with one attached hydrogen (secondary N) is 2. The number of piperidine rings is 1. The van der Waals surface area contributed by atoms with Crippen molar-refractivity contribution in [2.24, 2.45) is 5.92 Å². The van der Waals surface area contributed by atoms with Crippen molar-refractivity contribution in [2.75, 3.05) is 29.1 Å². The molecular weight excluding hydrogens is 422 g/mol. The molecule has 7 nitrogen and oxygen atoms in total. The third-order valence-corrected chi connectivity index (χ3v) is 6.96. The lowest BCUT2D eigenvalue weighted by Crippen LogP contribution is -2.41. The third kappa shape index (κ3) is 5.79. The topological polar surface area (TPSA) is 87.2 Å². The molecular formula is C24H31N5O2S. The van der Waals surface area contributed by atoms with Crippen LogP contribution in [0.5, 0.6) is 0 Å². The Morgan fingerprint density at radius 2 is 1.72 bits per heavy atom. The first-order valence-electron chi connectivity index (χ1n) is 11.3. The van der Waals surface area contributed by atoms with Crippen LogP contribution in [0.3, 0.4) is 0 Å². The molecule has 1 saturated heterocycles. The van der Waals surface area contributed by atoms with Gasteiger partial charge in [0.25, 0.3) is 0 Å². The van der Waals surface area contributed by atoms with Crippen LogP contribution in [0.25, 0.3) is 0 Å². The molecule has 32 heavy (non-hydrogen) atoms. The van der Waals surface area contributed by atoms with Gasteiger partial charge >= 0.3 is 0 Å². The molecule has 1 aliphatic carbocycles. The molecule has 2 N–H and O–H groups in total. The fourth-order valence-electron chi connectivity index (χ4n) is 4.19. The first-order valence-corrected chi connectivity index (χ1v) is 12.3. The Labute approximate surface area is 193 Å². The lowest BCUT2D eigenvalue weighted by molar-refractivity contribution is -0.125. The first-order chi connectivity index (χ1) is 15.4. The van der Waals surface area contributed by atoms with Crippen LogP contribution in [0.4, 0.5) is 11.5 Å². The third-order valence-electron chi connectivity index (χ3n) is 6.03. The second-order valence-corrected chi connectivity index (χ2v) is 9.86. The lowest BCUT2D eigenvalue weighted by atomic mass is 9.96. The van der Waals surface area contributed by atoms with E-state index in [0.717, 1.165) is 66.4 Å². The van der Waals surface area contributed by atoms with Gasteiger partial charge in [-0.25, -0.2) is 9.97 Å². The SMILES string of the molecule is Cc1cc(C)c(NC(=O)CSc2cc(N3CCC(C(=O)NC4CC4)CC3)ncn2)c(C)c1. The molecule has 0 unspecified atom stereocenters. The van der Waals surface area contributed by atoms with Crippen LogP contribution in [-0.4, -0.2) is 46.7 Å². The van der Waals surface area contributed by atoms with Crippen LogP contribution in [0.15, 0.2) is 29.6 Å². The normalized spacial score (nSPS) is 16.7. The van der Waals surface area contributed by atoms with E-state index in [-0.39, 0.29) is 23.5 Å². The standard InChI is InChI=1S/C24H31N5O2S/c1-15-10-16(2)23(17(3)11-15)28-21(30)13-32-22-12-20(25-14-26-22)29-8-6-18(7-9-29)24(31)27-19-4-5-19/h10-12,14,18-19H,4-9,13H2,1-3H3,(H,27,31)(H,28,30). The van der Waals surface area contributed by atoms with Gasteiger partial charge in [-0.15, -0.1) is 0 Å². The maximum absolute atomic E-state index is 12.5. The zero-order valence-electron chi connectivity index (χ0n) is 19.0. The Kier molecular flexibility index (Phi) is 6.98. The van der Waals surface area contributed by atoms with E-state index in [2.05, 4.69) is 44.6 Å². The summed E-state index contributed by atoms with van der Waals surface area (Å²) in [5, 5.41) is 6.93. The molecule has 2 aromatic rings. The van der Waals surface area contributed by atoms with E-state index in [0.29, 0.717) is 6.04 Å². The van der Waals surface area contributed by atoms with Crippen LogP contribution in [-0.2, 0) is 9.59 Å². The van der Waals surface area contributed by atoms with Crippen molar-refractivity contribution in [3.63, 3.8) is 0 Å². The molecule has 2 aliphatic rings. The zero-order chi connectivity index (χ0) is 22.7. The van der Waals surface area contributed by atoms with Crippen molar-refractivity contribution in [2.45, 2.75) is 57.5 Å². The Bertz CT molecular complexity index is 977. The van der Waals surface area contributed by atoms with Gasteiger partial charge in [-0.2, -0.15) is 0 Å². The average Bonchev–Trinajstić information content (AvgIpc) is 3.59. The van der Waals surface area contributed by atoms with Gasteiger partial charge in [0.05, 0.1) is 5.75 Å². The molecule has 1 saturated carbocycles. The van der Waals surface area contributed by atoms with E-state index >= 15 is 0 Å².